The lowest BCUT2D eigenvalue weighted by Crippen LogP contribution is -2.61. The fourth-order valence-electron chi connectivity index (χ4n) is 5.60. The van der Waals surface area contributed by atoms with E-state index in [1.54, 1.807) is 17.1 Å². The Kier molecular flexibility index (Phi) is 5.08. The van der Waals surface area contributed by atoms with E-state index in [2.05, 4.69) is 57.5 Å². The van der Waals surface area contributed by atoms with E-state index >= 15 is 0 Å². The van der Waals surface area contributed by atoms with E-state index in [4.69, 9.17) is 13.9 Å². The molecule has 182 valence electrons. The number of amides is 1. The number of rotatable bonds is 2. The lowest BCUT2D eigenvalue weighted by Gasteiger charge is -2.45. The van der Waals surface area contributed by atoms with Gasteiger partial charge in [0.25, 0.3) is 0 Å². The minimum absolute atomic E-state index is 0.00638. The summed E-state index contributed by atoms with van der Waals surface area (Å²) in [6.45, 7) is 12.9. The second-order valence-electron chi connectivity index (χ2n) is 11.3. The summed E-state index contributed by atoms with van der Waals surface area (Å²) >= 11 is 0. The van der Waals surface area contributed by atoms with E-state index in [-0.39, 0.29) is 16.7 Å². The molecule has 0 aromatic heterocycles. The standard InChI is InChI=1S/C28H31NO5Si/c1-18-16-23(30)20-12-10-8-9-11-13-24-27(18)28(20,34-27)21-17-19(33-35(6,7)26(2,3)4)14-15-22(21)29(24)25(31)32-5/h8-9,14-15,17-18,20,24H,16H2,1-7H3/b9-8-/t18-,20-,24-,27-,28+/m0/s1. The zero-order valence-electron chi connectivity index (χ0n) is 21.3. The van der Waals surface area contributed by atoms with Gasteiger partial charge in [-0.05, 0) is 54.4 Å². The Hall–Kier alpha value is -3.00. The Balaban J connectivity index is 1.77. The number of Topliss-reactive ketones (excluding diaryl/α,β-unsaturated/α-hetero) is 1. The molecule has 4 aliphatic rings. The van der Waals surface area contributed by atoms with Crippen molar-refractivity contribution in [2.24, 2.45) is 11.8 Å². The fraction of sp³-hybridized carbons (Fsp3) is 0.500. The molecule has 1 amide bonds. The molecule has 0 spiro atoms. The maximum Gasteiger partial charge on any atom is 0.415 e. The molecule has 0 unspecified atom stereocenters. The van der Waals surface area contributed by atoms with Gasteiger partial charge in [0.2, 0.25) is 8.32 Å². The van der Waals surface area contributed by atoms with Crippen molar-refractivity contribution in [2.45, 2.75) is 69.5 Å². The van der Waals surface area contributed by atoms with Crippen molar-refractivity contribution in [2.75, 3.05) is 12.0 Å². The van der Waals surface area contributed by atoms with Gasteiger partial charge in [-0.15, -0.1) is 0 Å². The largest absolute Gasteiger partial charge is 0.543 e. The van der Waals surface area contributed by atoms with Crippen LogP contribution in [0.5, 0.6) is 5.75 Å². The summed E-state index contributed by atoms with van der Waals surface area (Å²) in [7, 11) is -0.780. The van der Waals surface area contributed by atoms with Crippen molar-refractivity contribution in [3.63, 3.8) is 0 Å². The van der Waals surface area contributed by atoms with Crippen molar-refractivity contribution >= 4 is 25.9 Å². The number of methoxy groups -OCH3 is 1. The summed E-state index contributed by atoms with van der Waals surface area (Å²) in [4.78, 5) is 28.1. The predicted molar refractivity (Wildman–Crippen MR) is 135 cm³/mol. The van der Waals surface area contributed by atoms with E-state index in [0.717, 1.165) is 5.56 Å². The average Bonchev–Trinajstić information content (AvgIpc) is 3.50. The summed E-state index contributed by atoms with van der Waals surface area (Å²) in [6.07, 6.45) is 3.08. The van der Waals surface area contributed by atoms with E-state index in [1.165, 1.54) is 7.11 Å². The maximum atomic E-state index is 13.4. The van der Waals surface area contributed by atoms with Gasteiger partial charge in [0.1, 0.15) is 28.9 Å². The minimum Gasteiger partial charge on any atom is -0.543 e. The molecular weight excluding hydrogens is 458 g/mol. The molecule has 2 heterocycles. The lowest BCUT2D eigenvalue weighted by molar-refractivity contribution is -0.125. The van der Waals surface area contributed by atoms with Gasteiger partial charge < -0.3 is 13.9 Å². The Morgan fingerprint density at radius 2 is 1.89 bits per heavy atom. The van der Waals surface area contributed by atoms with Gasteiger partial charge in [-0.1, -0.05) is 51.4 Å². The summed E-state index contributed by atoms with van der Waals surface area (Å²) in [5.74, 6) is 12.3. The fourth-order valence-corrected chi connectivity index (χ4v) is 6.62. The number of carbonyl (C=O) groups is 2. The molecule has 35 heavy (non-hydrogen) atoms. The summed E-state index contributed by atoms with van der Waals surface area (Å²) in [6, 6.07) is 5.06. The number of fused-ring (bicyclic) bond motifs is 1. The third-order valence-electron chi connectivity index (χ3n) is 8.38. The Morgan fingerprint density at radius 3 is 2.54 bits per heavy atom. The molecule has 2 fully saturated rings. The number of hydrogen-bond acceptors (Lipinski definition) is 5. The van der Waals surface area contributed by atoms with Crippen LogP contribution in [0.1, 0.15) is 39.7 Å². The molecule has 4 bridgehead atoms. The molecule has 5 rings (SSSR count). The van der Waals surface area contributed by atoms with Crippen LogP contribution in [0.25, 0.3) is 0 Å². The third kappa shape index (κ3) is 3.08. The van der Waals surface area contributed by atoms with E-state index in [1.807, 2.05) is 25.1 Å². The number of ketones is 1. The van der Waals surface area contributed by atoms with Crippen LogP contribution in [0.2, 0.25) is 18.1 Å². The van der Waals surface area contributed by atoms with Crippen molar-refractivity contribution in [3.8, 4) is 29.4 Å². The molecule has 5 atom stereocenters. The Labute approximate surface area is 208 Å². The summed E-state index contributed by atoms with van der Waals surface area (Å²) in [5, 5.41) is 0.00638. The Bertz CT molecular complexity index is 1290. The number of epoxide rings is 1. The average molecular weight is 490 g/mol. The molecule has 0 radical (unpaired) electrons. The molecule has 1 saturated heterocycles. The summed E-state index contributed by atoms with van der Waals surface area (Å²) in [5.41, 5.74) is -0.507. The van der Waals surface area contributed by atoms with Gasteiger partial charge in [0, 0.05) is 12.0 Å². The van der Waals surface area contributed by atoms with Gasteiger partial charge in [-0.3, -0.25) is 9.69 Å². The van der Waals surface area contributed by atoms with Crippen LogP contribution in [-0.4, -0.2) is 38.9 Å². The summed E-state index contributed by atoms with van der Waals surface area (Å²) < 4.78 is 18.5. The van der Waals surface area contributed by atoms with Crippen LogP contribution >= 0.6 is 0 Å². The van der Waals surface area contributed by atoms with Gasteiger partial charge in [-0.2, -0.15) is 0 Å². The van der Waals surface area contributed by atoms with E-state index < -0.39 is 37.6 Å². The molecule has 2 aliphatic carbocycles. The molecule has 0 N–H and O–H groups in total. The first-order chi connectivity index (χ1) is 16.4. The van der Waals surface area contributed by atoms with Gasteiger partial charge in [0.15, 0.2) is 5.78 Å². The Morgan fingerprint density at radius 1 is 1.20 bits per heavy atom. The SMILES string of the molecule is COC(=O)N1c2ccc(O[Si](C)(C)C(C)(C)C)cc2[C@@]23O[C@@]24[C@@H]1C#C/C=C\C#C[C@H]3C(=O)C[C@@H]4C. The van der Waals surface area contributed by atoms with Gasteiger partial charge >= 0.3 is 6.09 Å². The second-order valence-corrected chi connectivity index (χ2v) is 16.1. The van der Waals surface area contributed by atoms with Crippen LogP contribution in [0.15, 0.2) is 30.4 Å². The quantitative estimate of drug-likeness (QED) is 0.339. The highest BCUT2D eigenvalue weighted by Gasteiger charge is 2.85. The molecule has 1 aromatic rings. The first-order valence-corrected chi connectivity index (χ1v) is 14.9. The normalized spacial score (nSPS) is 33.1. The number of allylic oxidation sites excluding steroid dienone is 2. The van der Waals surface area contributed by atoms with Gasteiger partial charge in [0.05, 0.1) is 12.8 Å². The second kappa shape index (κ2) is 7.50. The van der Waals surface area contributed by atoms with Gasteiger partial charge in [-0.25, -0.2) is 4.79 Å². The van der Waals surface area contributed by atoms with Crippen molar-refractivity contribution < 1.29 is 23.5 Å². The highest BCUT2D eigenvalue weighted by molar-refractivity contribution is 6.74. The van der Waals surface area contributed by atoms with Crippen LogP contribution in [0, 0.1) is 35.5 Å². The molecule has 6 nitrogen and oxygen atoms in total. The van der Waals surface area contributed by atoms with E-state index in [9.17, 15) is 9.59 Å². The first-order valence-electron chi connectivity index (χ1n) is 12.0. The molecule has 1 saturated carbocycles. The highest BCUT2D eigenvalue weighted by Crippen LogP contribution is 2.73. The maximum absolute atomic E-state index is 13.4. The van der Waals surface area contributed by atoms with E-state index in [0.29, 0.717) is 17.9 Å². The monoisotopic (exact) mass is 489 g/mol. The molecular formula is C28H31NO5Si. The van der Waals surface area contributed by atoms with Crippen molar-refractivity contribution in [1.29, 1.82) is 0 Å². The highest BCUT2D eigenvalue weighted by atomic mass is 28.4. The zero-order valence-corrected chi connectivity index (χ0v) is 22.3. The predicted octanol–water partition coefficient (Wildman–Crippen LogP) is 4.79. The topological polar surface area (TPSA) is 68.4 Å². The molecule has 7 heteroatoms. The number of hydrogen-bond donors (Lipinski definition) is 0. The van der Waals surface area contributed by atoms with Crippen molar-refractivity contribution in [3.05, 3.63) is 35.9 Å². The number of carbonyl (C=O) groups excluding carboxylic acids is 2. The lowest BCUT2D eigenvalue weighted by atomic mass is 9.59. The number of benzene rings is 1. The number of nitrogens with zero attached hydrogens (tertiary/aromatic N) is 1. The van der Waals surface area contributed by atoms with Crippen LogP contribution in [0.4, 0.5) is 10.5 Å². The minimum atomic E-state index is -2.14. The molecule has 1 aromatic carbocycles. The number of ether oxygens (including phenoxy) is 2. The number of anilines is 1. The third-order valence-corrected chi connectivity index (χ3v) is 12.7. The van der Waals surface area contributed by atoms with Crippen LogP contribution < -0.4 is 9.33 Å². The van der Waals surface area contributed by atoms with Crippen LogP contribution in [0.3, 0.4) is 0 Å². The molecule has 2 aliphatic heterocycles. The van der Waals surface area contributed by atoms with Crippen LogP contribution in [-0.2, 0) is 19.9 Å². The van der Waals surface area contributed by atoms with Crippen molar-refractivity contribution in [1.82, 2.24) is 0 Å². The smallest absolute Gasteiger partial charge is 0.415 e. The first kappa shape index (κ1) is 23.7. The zero-order chi connectivity index (χ0) is 25.4.